The Morgan fingerprint density at radius 2 is 2.36 bits per heavy atom. The van der Waals surface area contributed by atoms with Crippen molar-refractivity contribution in [2.45, 2.75) is 11.9 Å². The van der Waals surface area contributed by atoms with Crippen molar-refractivity contribution < 1.29 is 13.7 Å². The Kier molecular flexibility index (Phi) is 4.25. The predicted molar refractivity (Wildman–Crippen MR) is 52.1 cm³/mol. The second kappa shape index (κ2) is 5.49. The van der Waals surface area contributed by atoms with Crippen molar-refractivity contribution in [1.29, 1.82) is 0 Å². The summed E-state index contributed by atoms with van der Waals surface area (Å²) in [6.45, 7) is 2.01. The first-order valence-corrected chi connectivity index (χ1v) is 5.51. The van der Waals surface area contributed by atoms with Crippen LogP contribution >= 0.6 is 0 Å². The van der Waals surface area contributed by atoms with E-state index < -0.39 is 16.8 Å². The molecule has 14 heavy (non-hydrogen) atoms. The average molecular weight is 213 g/mol. The molecule has 4 nitrogen and oxygen atoms in total. The van der Waals surface area contributed by atoms with E-state index in [1.165, 1.54) is 0 Å². The van der Waals surface area contributed by atoms with Gasteiger partial charge in [0.25, 0.3) is 0 Å². The molecule has 0 saturated heterocycles. The molecule has 0 fully saturated rings. The van der Waals surface area contributed by atoms with Crippen LogP contribution in [0.1, 0.15) is 6.92 Å². The standard InChI is InChI=1S/C9H11NO3S/c1-2-13-9(11)7-14(12)8-5-3-4-6-10-8/h3-6H,2,7H2,1H3. The van der Waals surface area contributed by atoms with Crippen molar-refractivity contribution in [3.05, 3.63) is 24.4 Å². The number of nitrogens with zero attached hydrogens (tertiary/aromatic N) is 1. The van der Waals surface area contributed by atoms with E-state index in [9.17, 15) is 9.00 Å². The molecule has 0 N–H and O–H groups in total. The Bertz CT molecular complexity index is 326. The second-order valence-electron chi connectivity index (χ2n) is 2.46. The van der Waals surface area contributed by atoms with E-state index in [0.717, 1.165) is 0 Å². The first kappa shape index (κ1) is 10.8. The molecule has 0 aliphatic carbocycles. The molecule has 1 unspecified atom stereocenters. The number of rotatable bonds is 4. The highest BCUT2D eigenvalue weighted by molar-refractivity contribution is 7.85. The number of esters is 1. The van der Waals surface area contributed by atoms with E-state index in [-0.39, 0.29) is 5.75 Å². The van der Waals surface area contributed by atoms with Crippen molar-refractivity contribution in [2.75, 3.05) is 12.4 Å². The number of carbonyl (C=O) groups is 1. The average Bonchev–Trinajstić information content (AvgIpc) is 2.19. The molecule has 0 aromatic carbocycles. The quantitative estimate of drug-likeness (QED) is 0.693. The number of ether oxygens (including phenoxy) is 1. The van der Waals surface area contributed by atoms with Gasteiger partial charge in [-0.05, 0) is 19.1 Å². The number of hydrogen-bond acceptors (Lipinski definition) is 4. The van der Waals surface area contributed by atoms with Crippen LogP contribution in [0.3, 0.4) is 0 Å². The van der Waals surface area contributed by atoms with Gasteiger partial charge in [0, 0.05) is 6.20 Å². The van der Waals surface area contributed by atoms with Gasteiger partial charge in [-0.1, -0.05) is 6.07 Å². The molecule has 0 saturated carbocycles. The summed E-state index contributed by atoms with van der Waals surface area (Å²) in [7, 11) is -1.40. The normalized spacial score (nSPS) is 12.1. The molecule has 1 aromatic heterocycles. The molecule has 1 atom stereocenters. The number of pyridine rings is 1. The smallest absolute Gasteiger partial charge is 0.318 e. The van der Waals surface area contributed by atoms with Gasteiger partial charge in [0.15, 0.2) is 0 Å². The summed E-state index contributed by atoms with van der Waals surface area (Å²) < 4.78 is 16.2. The van der Waals surface area contributed by atoms with Crippen LogP contribution in [0.15, 0.2) is 29.4 Å². The van der Waals surface area contributed by atoms with Crippen molar-refractivity contribution >= 4 is 16.8 Å². The first-order chi connectivity index (χ1) is 6.74. The first-order valence-electron chi connectivity index (χ1n) is 4.19. The maximum Gasteiger partial charge on any atom is 0.318 e. The van der Waals surface area contributed by atoms with E-state index in [0.29, 0.717) is 11.6 Å². The zero-order valence-electron chi connectivity index (χ0n) is 7.80. The topological polar surface area (TPSA) is 56.3 Å². The summed E-state index contributed by atoms with van der Waals surface area (Å²) in [6.07, 6.45) is 1.54. The van der Waals surface area contributed by atoms with E-state index in [1.807, 2.05) is 0 Å². The summed E-state index contributed by atoms with van der Waals surface area (Å²) >= 11 is 0. The van der Waals surface area contributed by atoms with Crippen molar-refractivity contribution in [2.24, 2.45) is 0 Å². The summed E-state index contributed by atoms with van der Waals surface area (Å²) in [4.78, 5) is 14.9. The van der Waals surface area contributed by atoms with Gasteiger partial charge in [0.1, 0.15) is 10.8 Å². The lowest BCUT2D eigenvalue weighted by Crippen LogP contribution is -2.14. The third-order valence-corrected chi connectivity index (χ3v) is 2.63. The monoisotopic (exact) mass is 213 g/mol. The molecule has 76 valence electrons. The van der Waals surface area contributed by atoms with Crippen LogP contribution < -0.4 is 0 Å². The number of aromatic nitrogens is 1. The minimum atomic E-state index is -1.40. The Morgan fingerprint density at radius 1 is 1.57 bits per heavy atom. The maximum atomic E-state index is 11.5. The highest BCUT2D eigenvalue weighted by Crippen LogP contribution is 2.01. The van der Waals surface area contributed by atoms with Gasteiger partial charge >= 0.3 is 5.97 Å². The van der Waals surface area contributed by atoms with Crippen LogP contribution in [-0.2, 0) is 20.3 Å². The molecule has 0 radical (unpaired) electrons. The Balaban J connectivity index is 2.55. The van der Waals surface area contributed by atoms with Gasteiger partial charge in [0.2, 0.25) is 0 Å². The summed E-state index contributed by atoms with van der Waals surface area (Å²) in [6, 6.07) is 5.08. The summed E-state index contributed by atoms with van der Waals surface area (Å²) in [5.74, 6) is -0.596. The predicted octanol–water partition coefficient (Wildman–Crippen LogP) is 0.752. The van der Waals surface area contributed by atoms with E-state index in [4.69, 9.17) is 0 Å². The molecule has 0 aliphatic heterocycles. The summed E-state index contributed by atoms with van der Waals surface area (Å²) in [5, 5.41) is 0.403. The van der Waals surface area contributed by atoms with Crippen LogP contribution in [0.2, 0.25) is 0 Å². The zero-order valence-corrected chi connectivity index (χ0v) is 8.62. The highest BCUT2D eigenvalue weighted by Gasteiger charge is 2.11. The van der Waals surface area contributed by atoms with E-state index in [2.05, 4.69) is 9.72 Å². The fourth-order valence-electron chi connectivity index (χ4n) is 0.865. The van der Waals surface area contributed by atoms with Gasteiger partial charge in [-0.25, -0.2) is 4.98 Å². The Hall–Kier alpha value is -1.23. The molecule has 1 heterocycles. The molecule has 1 rings (SSSR count). The van der Waals surface area contributed by atoms with Gasteiger partial charge in [-0.15, -0.1) is 0 Å². The van der Waals surface area contributed by atoms with Gasteiger partial charge in [-0.3, -0.25) is 9.00 Å². The molecular weight excluding hydrogens is 202 g/mol. The molecular formula is C9H11NO3S. The van der Waals surface area contributed by atoms with E-state index >= 15 is 0 Å². The molecule has 0 bridgehead atoms. The number of hydrogen-bond donors (Lipinski definition) is 0. The minimum Gasteiger partial charge on any atom is -0.465 e. The third kappa shape index (κ3) is 3.26. The third-order valence-electron chi connectivity index (χ3n) is 1.43. The second-order valence-corrected chi connectivity index (χ2v) is 3.86. The minimum absolute atomic E-state index is 0.134. The highest BCUT2D eigenvalue weighted by atomic mass is 32.2. The fraction of sp³-hybridized carbons (Fsp3) is 0.333. The summed E-state index contributed by atoms with van der Waals surface area (Å²) in [5.41, 5.74) is 0. The van der Waals surface area contributed by atoms with Crippen LogP contribution in [0, 0.1) is 0 Å². The Labute approximate surface area is 84.8 Å². The van der Waals surface area contributed by atoms with E-state index in [1.54, 1.807) is 31.3 Å². The van der Waals surface area contributed by atoms with Crippen LogP contribution in [0.5, 0.6) is 0 Å². The molecule has 0 amide bonds. The Morgan fingerprint density at radius 3 is 2.93 bits per heavy atom. The molecule has 1 aromatic rings. The van der Waals surface area contributed by atoms with Crippen LogP contribution in [0.4, 0.5) is 0 Å². The molecule has 5 heteroatoms. The van der Waals surface area contributed by atoms with Gasteiger partial charge in [0.05, 0.1) is 17.4 Å². The van der Waals surface area contributed by atoms with Crippen LogP contribution in [0.25, 0.3) is 0 Å². The molecule has 0 spiro atoms. The SMILES string of the molecule is CCOC(=O)CS(=O)c1ccccn1. The number of carbonyl (C=O) groups excluding carboxylic acids is 1. The maximum absolute atomic E-state index is 11.5. The van der Waals surface area contributed by atoms with Gasteiger partial charge in [-0.2, -0.15) is 0 Å². The van der Waals surface area contributed by atoms with Crippen molar-refractivity contribution in [3.63, 3.8) is 0 Å². The lowest BCUT2D eigenvalue weighted by molar-refractivity contribution is -0.139. The van der Waals surface area contributed by atoms with Crippen molar-refractivity contribution in [3.8, 4) is 0 Å². The fourth-order valence-corrected chi connectivity index (χ4v) is 1.72. The zero-order chi connectivity index (χ0) is 10.4. The largest absolute Gasteiger partial charge is 0.465 e. The lowest BCUT2D eigenvalue weighted by atomic mass is 10.5. The molecule has 0 aliphatic rings. The van der Waals surface area contributed by atoms with Crippen molar-refractivity contribution in [1.82, 2.24) is 4.98 Å². The lowest BCUT2D eigenvalue weighted by Gasteiger charge is -2.00. The van der Waals surface area contributed by atoms with Gasteiger partial charge < -0.3 is 4.74 Å². The van der Waals surface area contributed by atoms with Crippen LogP contribution in [-0.4, -0.2) is 27.5 Å².